The highest BCUT2D eigenvalue weighted by atomic mass is 35.5. The van der Waals surface area contributed by atoms with Gasteiger partial charge in [0.2, 0.25) is 11.8 Å². The highest BCUT2D eigenvalue weighted by molar-refractivity contribution is 7.99. The maximum atomic E-state index is 13.7. The standard InChI is InChI=1S/C29H32Cl2N2O2S/c1-29(2,3)32-28(35)26(19-21-8-5-4-6-9-21)33(20-22-10-7-11-24(31)18-22)27(34)16-17-36-25-14-12-23(30)13-15-25/h4-15,18,26H,16-17,19-20H2,1-3H3,(H,32,35). The number of nitrogens with one attached hydrogen (secondary N) is 1. The van der Waals surface area contributed by atoms with Crippen molar-refractivity contribution in [3.05, 3.63) is 100 Å². The van der Waals surface area contributed by atoms with Crippen molar-refractivity contribution < 1.29 is 9.59 Å². The van der Waals surface area contributed by atoms with Crippen LogP contribution in [-0.4, -0.2) is 34.0 Å². The number of hydrogen-bond acceptors (Lipinski definition) is 3. The summed E-state index contributed by atoms with van der Waals surface area (Å²) in [5, 5.41) is 4.35. The SMILES string of the molecule is CC(C)(C)NC(=O)C(Cc1ccccc1)N(Cc1cccc(Cl)c1)C(=O)CCSc1ccc(Cl)cc1. The molecule has 0 aromatic heterocycles. The number of carbonyl (C=O) groups excluding carboxylic acids is 2. The van der Waals surface area contributed by atoms with Crippen LogP contribution in [0.3, 0.4) is 0 Å². The van der Waals surface area contributed by atoms with Crippen molar-refractivity contribution in [2.75, 3.05) is 5.75 Å². The van der Waals surface area contributed by atoms with Crippen molar-refractivity contribution >= 4 is 46.8 Å². The van der Waals surface area contributed by atoms with Crippen molar-refractivity contribution in [2.24, 2.45) is 0 Å². The van der Waals surface area contributed by atoms with Crippen LogP contribution >= 0.6 is 35.0 Å². The first kappa shape index (κ1) is 28.1. The van der Waals surface area contributed by atoms with Gasteiger partial charge in [-0.15, -0.1) is 11.8 Å². The second-order valence-corrected chi connectivity index (χ2v) is 11.7. The van der Waals surface area contributed by atoms with E-state index in [2.05, 4.69) is 5.32 Å². The summed E-state index contributed by atoms with van der Waals surface area (Å²) in [6.45, 7) is 6.11. The maximum absolute atomic E-state index is 13.7. The van der Waals surface area contributed by atoms with Gasteiger partial charge in [-0.25, -0.2) is 0 Å². The van der Waals surface area contributed by atoms with Crippen LogP contribution in [0.4, 0.5) is 0 Å². The van der Waals surface area contributed by atoms with E-state index in [0.717, 1.165) is 16.0 Å². The lowest BCUT2D eigenvalue weighted by molar-refractivity contribution is -0.141. The van der Waals surface area contributed by atoms with Crippen LogP contribution in [0, 0.1) is 0 Å². The monoisotopic (exact) mass is 542 g/mol. The molecule has 1 unspecified atom stereocenters. The van der Waals surface area contributed by atoms with E-state index in [4.69, 9.17) is 23.2 Å². The Labute approximate surface area is 228 Å². The summed E-state index contributed by atoms with van der Waals surface area (Å²) in [5.74, 6) is 0.333. The summed E-state index contributed by atoms with van der Waals surface area (Å²) in [6, 6.07) is 24.1. The molecule has 0 radical (unpaired) electrons. The molecule has 1 N–H and O–H groups in total. The Morgan fingerprint density at radius 2 is 1.56 bits per heavy atom. The van der Waals surface area contributed by atoms with Crippen molar-refractivity contribution in [3.63, 3.8) is 0 Å². The summed E-state index contributed by atoms with van der Waals surface area (Å²) in [7, 11) is 0. The van der Waals surface area contributed by atoms with E-state index < -0.39 is 11.6 Å². The van der Waals surface area contributed by atoms with Gasteiger partial charge in [-0.05, 0) is 68.3 Å². The number of rotatable bonds is 10. The Morgan fingerprint density at radius 1 is 0.889 bits per heavy atom. The molecule has 2 amide bonds. The van der Waals surface area contributed by atoms with Crippen molar-refractivity contribution in [1.29, 1.82) is 0 Å². The number of thioether (sulfide) groups is 1. The molecule has 0 spiro atoms. The third-order valence-electron chi connectivity index (χ3n) is 5.41. The highest BCUT2D eigenvalue weighted by Gasteiger charge is 2.32. The maximum Gasteiger partial charge on any atom is 0.243 e. The fourth-order valence-electron chi connectivity index (χ4n) is 3.77. The minimum Gasteiger partial charge on any atom is -0.350 e. The molecule has 0 fully saturated rings. The summed E-state index contributed by atoms with van der Waals surface area (Å²) >= 11 is 13.8. The number of amides is 2. The predicted octanol–water partition coefficient (Wildman–Crippen LogP) is 7.03. The molecule has 0 aliphatic heterocycles. The van der Waals surface area contributed by atoms with Gasteiger partial charge in [-0.1, -0.05) is 65.7 Å². The predicted molar refractivity (Wildman–Crippen MR) is 151 cm³/mol. The first-order valence-corrected chi connectivity index (χ1v) is 13.6. The lowest BCUT2D eigenvalue weighted by Gasteiger charge is -2.34. The van der Waals surface area contributed by atoms with Crippen LogP contribution < -0.4 is 5.32 Å². The zero-order valence-corrected chi connectivity index (χ0v) is 23.2. The second-order valence-electron chi connectivity index (χ2n) is 9.65. The smallest absolute Gasteiger partial charge is 0.243 e. The van der Waals surface area contributed by atoms with Gasteiger partial charge in [-0.2, -0.15) is 0 Å². The molecule has 0 bridgehead atoms. The lowest BCUT2D eigenvalue weighted by atomic mass is 10.0. The molecule has 3 aromatic rings. The minimum atomic E-state index is -0.668. The number of nitrogens with zero attached hydrogens (tertiary/aromatic N) is 1. The lowest BCUT2D eigenvalue weighted by Crippen LogP contribution is -2.54. The number of halogens is 2. The van der Waals surface area contributed by atoms with Gasteiger partial charge >= 0.3 is 0 Å². The van der Waals surface area contributed by atoms with Gasteiger partial charge in [-0.3, -0.25) is 9.59 Å². The van der Waals surface area contributed by atoms with E-state index in [1.807, 2.05) is 93.6 Å². The summed E-state index contributed by atoms with van der Waals surface area (Å²) < 4.78 is 0. The van der Waals surface area contributed by atoms with Crippen LogP contribution in [0.5, 0.6) is 0 Å². The molecule has 1 atom stereocenters. The Hall–Kier alpha value is -2.47. The topological polar surface area (TPSA) is 49.4 Å². The van der Waals surface area contributed by atoms with E-state index in [1.165, 1.54) is 0 Å². The fourth-order valence-corrected chi connectivity index (χ4v) is 4.95. The Bertz CT molecular complexity index is 1150. The third kappa shape index (κ3) is 9.20. The zero-order chi connectivity index (χ0) is 26.1. The molecule has 4 nitrogen and oxygen atoms in total. The van der Waals surface area contributed by atoms with Gasteiger partial charge in [0, 0.05) is 45.6 Å². The fraction of sp³-hybridized carbons (Fsp3) is 0.310. The largest absolute Gasteiger partial charge is 0.350 e. The zero-order valence-electron chi connectivity index (χ0n) is 20.8. The second kappa shape index (κ2) is 13.2. The van der Waals surface area contributed by atoms with Gasteiger partial charge in [0.15, 0.2) is 0 Å². The number of hydrogen-bond donors (Lipinski definition) is 1. The van der Waals surface area contributed by atoms with Crippen LogP contribution in [0.2, 0.25) is 10.0 Å². The quantitative estimate of drug-likeness (QED) is 0.279. The molecule has 0 aliphatic rings. The van der Waals surface area contributed by atoms with Crippen LogP contribution in [-0.2, 0) is 22.6 Å². The average molecular weight is 544 g/mol. The van der Waals surface area contributed by atoms with E-state index in [0.29, 0.717) is 35.2 Å². The summed E-state index contributed by atoms with van der Waals surface area (Å²) in [5.41, 5.74) is 1.44. The van der Waals surface area contributed by atoms with Crippen LogP contribution in [0.15, 0.2) is 83.8 Å². The number of carbonyl (C=O) groups is 2. The molecule has 0 aliphatic carbocycles. The van der Waals surface area contributed by atoms with E-state index in [1.54, 1.807) is 22.7 Å². The molecular weight excluding hydrogens is 511 g/mol. The molecule has 36 heavy (non-hydrogen) atoms. The van der Waals surface area contributed by atoms with Gasteiger partial charge in [0.05, 0.1) is 0 Å². The highest BCUT2D eigenvalue weighted by Crippen LogP contribution is 2.23. The van der Waals surface area contributed by atoms with E-state index >= 15 is 0 Å². The van der Waals surface area contributed by atoms with Crippen molar-refractivity contribution in [2.45, 2.75) is 56.6 Å². The first-order valence-electron chi connectivity index (χ1n) is 11.9. The average Bonchev–Trinajstić information content (AvgIpc) is 2.82. The molecule has 190 valence electrons. The minimum absolute atomic E-state index is 0.0820. The summed E-state index contributed by atoms with van der Waals surface area (Å²) in [4.78, 5) is 29.9. The van der Waals surface area contributed by atoms with Crippen molar-refractivity contribution in [1.82, 2.24) is 10.2 Å². The van der Waals surface area contributed by atoms with E-state index in [-0.39, 0.29) is 11.8 Å². The van der Waals surface area contributed by atoms with Gasteiger partial charge in [0.1, 0.15) is 6.04 Å². The first-order chi connectivity index (χ1) is 17.1. The molecule has 0 heterocycles. The molecule has 0 saturated carbocycles. The Morgan fingerprint density at radius 3 is 2.19 bits per heavy atom. The van der Waals surface area contributed by atoms with Crippen LogP contribution in [0.25, 0.3) is 0 Å². The molecule has 0 saturated heterocycles. The molecule has 7 heteroatoms. The van der Waals surface area contributed by atoms with Crippen LogP contribution in [0.1, 0.15) is 38.3 Å². The Kier molecular flexibility index (Phi) is 10.3. The van der Waals surface area contributed by atoms with Crippen molar-refractivity contribution in [3.8, 4) is 0 Å². The normalized spacial score (nSPS) is 12.1. The van der Waals surface area contributed by atoms with E-state index in [9.17, 15) is 9.59 Å². The van der Waals surface area contributed by atoms with Gasteiger partial charge < -0.3 is 10.2 Å². The Balaban J connectivity index is 1.86. The molecule has 3 aromatic carbocycles. The summed E-state index contributed by atoms with van der Waals surface area (Å²) in [6.07, 6.45) is 0.710. The number of benzene rings is 3. The molecule has 3 rings (SSSR count). The molecular formula is C29H32Cl2N2O2S. The third-order valence-corrected chi connectivity index (χ3v) is 6.91. The van der Waals surface area contributed by atoms with Gasteiger partial charge in [0.25, 0.3) is 0 Å².